The molecule has 0 aromatic heterocycles. The fraction of sp³-hybridized carbons (Fsp3) is 0.500. The lowest BCUT2D eigenvalue weighted by atomic mass is 10.0. The summed E-state index contributed by atoms with van der Waals surface area (Å²) in [6.45, 7) is 7.78. The van der Waals surface area contributed by atoms with E-state index in [-0.39, 0.29) is 36.1 Å². The predicted molar refractivity (Wildman–Crippen MR) is 93.2 cm³/mol. The van der Waals surface area contributed by atoms with E-state index in [0.29, 0.717) is 13.1 Å². The number of hydrogen-bond donors (Lipinski definition) is 3. The van der Waals surface area contributed by atoms with Crippen molar-refractivity contribution in [1.82, 2.24) is 16.0 Å². The summed E-state index contributed by atoms with van der Waals surface area (Å²) in [5.74, 6) is -0.475. The van der Waals surface area contributed by atoms with Crippen LogP contribution in [0.1, 0.15) is 44.4 Å². The summed E-state index contributed by atoms with van der Waals surface area (Å²) in [5, 5.41) is 8.29. The molecule has 6 heteroatoms. The highest BCUT2D eigenvalue weighted by Crippen LogP contribution is 2.17. The Labute approximate surface area is 143 Å². The predicted octanol–water partition coefficient (Wildman–Crippen LogP) is 1.45. The first-order valence-electron chi connectivity index (χ1n) is 8.17. The molecule has 1 atom stereocenters. The third-order valence-corrected chi connectivity index (χ3v) is 3.52. The van der Waals surface area contributed by atoms with E-state index in [1.54, 1.807) is 0 Å². The molecule has 0 aliphatic rings. The number of carbonyl (C=O) groups excluding carboxylic acids is 3. The Balaban J connectivity index is 2.51. The second-order valence-electron chi connectivity index (χ2n) is 6.16. The lowest BCUT2D eigenvalue weighted by Gasteiger charge is -2.18. The number of hydrogen-bond acceptors (Lipinski definition) is 3. The molecule has 0 radical (unpaired) electrons. The topological polar surface area (TPSA) is 87.3 Å². The fourth-order valence-corrected chi connectivity index (χ4v) is 2.15. The van der Waals surface area contributed by atoms with Gasteiger partial charge in [-0.15, -0.1) is 0 Å². The first kappa shape index (κ1) is 19.7. The number of aryl methyl sites for hydroxylation is 1. The molecule has 3 amide bonds. The molecule has 0 saturated carbocycles. The van der Waals surface area contributed by atoms with Crippen LogP contribution in [0.3, 0.4) is 0 Å². The minimum absolute atomic E-state index is 0.0416. The zero-order chi connectivity index (χ0) is 18.1. The summed E-state index contributed by atoms with van der Waals surface area (Å²) in [6.07, 6.45) is 0.154. The van der Waals surface area contributed by atoms with Crippen LogP contribution in [-0.4, -0.2) is 30.8 Å². The number of nitrogens with one attached hydrogen (secondary N) is 3. The molecule has 3 N–H and O–H groups in total. The van der Waals surface area contributed by atoms with Crippen molar-refractivity contribution < 1.29 is 14.4 Å². The molecule has 0 saturated heterocycles. The van der Waals surface area contributed by atoms with Gasteiger partial charge in [-0.1, -0.05) is 43.7 Å². The summed E-state index contributed by atoms with van der Waals surface area (Å²) < 4.78 is 0. The van der Waals surface area contributed by atoms with Gasteiger partial charge in [-0.2, -0.15) is 0 Å². The molecule has 0 spiro atoms. The zero-order valence-corrected chi connectivity index (χ0v) is 14.8. The molecule has 0 aliphatic heterocycles. The molecule has 1 aromatic carbocycles. The maximum Gasteiger partial charge on any atom is 0.222 e. The van der Waals surface area contributed by atoms with Gasteiger partial charge in [-0.3, -0.25) is 14.4 Å². The fourth-order valence-electron chi connectivity index (χ4n) is 2.15. The molecule has 132 valence electrons. The van der Waals surface area contributed by atoms with Gasteiger partial charge < -0.3 is 16.0 Å². The first-order chi connectivity index (χ1) is 11.3. The second-order valence-corrected chi connectivity index (χ2v) is 6.16. The van der Waals surface area contributed by atoms with E-state index in [1.165, 1.54) is 6.92 Å². The van der Waals surface area contributed by atoms with E-state index in [1.807, 2.05) is 45.0 Å². The summed E-state index contributed by atoms with van der Waals surface area (Å²) in [5.41, 5.74) is 2.00. The van der Waals surface area contributed by atoms with Crippen molar-refractivity contribution in [3.63, 3.8) is 0 Å². The molecule has 0 fully saturated rings. The van der Waals surface area contributed by atoms with Gasteiger partial charge in [0.1, 0.15) is 0 Å². The van der Waals surface area contributed by atoms with Gasteiger partial charge in [-0.05, 0) is 12.5 Å². The maximum absolute atomic E-state index is 12.1. The van der Waals surface area contributed by atoms with Crippen molar-refractivity contribution in [2.45, 2.75) is 40.2 Å². The molecule has 0 heterocycles. The summed E-state index contributed by atoms with van der Waals surface area (Å²) in [7, 11) is 0. The average molecular weight is 333 g/mol. The van der Waals surface area contributed by atoms with Crippen molar-refractivity contribution in [2.24, 2.45) is 5.92 Å². The largest absolute Gasteiger partial charge is 0.354 e. The summed E-state index contributed by atoms with van der Waals surface area (Å²) >= 11 is 0. The number of carbonyl (C=O) groups is 3. The van der Waals surface area contributed by atoms with Gasteiger partial charge in [0.25, 0.3) is 0 Å². The normalized spacial score (nSPS) is 11.7. The summed E-state index contributed by atoms with van der Waals surface area (Å²) in [4.78, 5) is 34.9. The monoisotopic (exact) mass is 333 g/mol. The Bertz CT molecular complexity index is 567. The van der Waals surface area contributed by atoms with E-state index < -0.39 is 0 Å². The van der Waals surface area contributed by atoms with Crippen LogP contribution in [0.5, 0.6) is 0 Å². The minimum atomic E-state index is -0.367. The molecule has 0 bridgehead atoms. The highest BCUT2D eigenvalue weighted by atomic mass is 16.2. The van der Waals surface area contributed by atoms with E-state index in [0.717, 1.165) is 11.1 Å². The van der Waals surface area contributed by atoms with Gasteiger partial charge in [-0.25, -0.2) is 0 Å². The number of benzene rings is 1. The van der Waals surface area contributed by atoms with Crippen molar-refractivity contribution >= 4 is 17.7 Å². The summed E-state index contributed by atoms with van der Waals surface area (Å²) in [6, 6.07) is 7.35. The Morgan fingerprint density at radius 3 is 2.12 bits per heavy atom. The van der Waals surface area contributed by atoms with Gasteiger partial charge in [0.2, 0.25) is 17.7 Å². The molecular formula is C18H27N3O3. The van der Waals surface area contributed by atoms with E-state index >= 15 is 0 Å². The van der Waals surface area contributed by atoms with Crippen LogP contribution < -0.4 is 16.0 Å². The highest BCUT2D eigenvalue weighted by molar-refractivity contribution is 5.79. The standard InChI is InChI=1S/C18H27N3O3/c1-12(2)18(24)20-10-9-19-17(23)11-16(21-14(4)22)15-7-5-13(3)6-8-15/h5-8,12,16H,9-11H2,1-4H3,(H,19,23)(H,20,24)(H,21,22). The molecule has 1 rings (SSSR count). The lowest BCUT2D eigenvalue weighted by molar-refractivity contribution is -0.125. The molecular weight excluding hydrogens is 306 g/mol. The lowest BCUT2D eigenvalue weighted by Crippen LogP contribution is -2.38. The molecule has 24 heavy (non-hydrogen) atoms. The van der Waals surface area contributed by atoms with Crippen molar-refractivity contribution in [2.75, 3.05) is 13.1 Å². The van der Waals surface area contributed by atoms with E-state index in [4.69, 9.17) is 0 Å². The van der Waals surface area contributed by atoms with Crippen LogP contribution in [0.4, 0.5) is 0 Å². The Hall–Kier alpha value is -2.37. The van der Waals surface area contributed by atoms with E-state index in [2.05, 4.69) is 16.0 Å². The van der Waals surface area contributed by atoms with Gasteiger partial charge >= 0.3 is 0 Å². The van der Waals surface area contributed by atoms with Crippen LogP contribution in [0.2, 0.25) is 0 Å². The molecule has 0 aliphatic carbocycles. The Kier molecular flexibility index (Phi) is 7.95. The van der Waals surface area contributed by atoms with Crippen molar-refractivity contribution in [1.29, 1.82) is 0 Å². The quantitative estimate of drug-likeness (QED) is 0.629. The average Bonchev–Trinajstić information content (AvgIpc) is 2.50. The smallest absolute Gasteiger partial charge is 0.222 e. The maximum atomic E-state index is 12.1. The zero-order valence-electron chi connectivity index (χ0n) is 14.8. The second kappa shape index (κ2) is 9.70. The van der Waals surface area contributed by atoms with Gasteiger partial charge in [0, 0.05) is 25.9 Å². The molecule has 6 nitrogen and oxygen atoms in total. The van der Waals surface area contributed by atoms with Crippen molar-refractivity contribution in [3.05, 3.63) is 35.4 Å². The Morgan fingerprint density at radius 1 is 1.00 bits per heavy atom. The number of amides is 3. The van der Waals surface area contributed by atoms with Crippen LogP contribution in [0, 0.1) is 12.8 Å². The van der Waals surface area contributed by atoms with Crippen LogP contribution in [-0.2, 0) is 14.4 Å². The number of rotatable bonds is 8. The van der Waals surface area contributed by atoms with E-state index in [9.17, 15) is 14.4 Å². The highest BCUT2D eigenvalue weighted by Gasteiger charge is 2.17. The van der Waals surface area contributed by atoms with Gasteiger partial charge in [0.05, 0.1) is 12.5 Å². The van der Waals surface area contributed by atoms with Gasteiger partial charge in [0.15, 0.2) is 0 Å². The third kappa shape index (κ3) is 7.26. The van der Waals surface area contributed by atoms with Crippen LogP contribution in [0.15, 0.2) is 24.3 Å². The minimum Gasteiger partial charge on any atom is -0.354 e. The first-order valence-corrected chi connectivity index (χ1v) is 8.17. The molecule has 1 unspecified atom stereocenters. The Morgan fingerprint density at radius 2 is 1.58 bits per heavy atom. The van der Waals surface area contributed by atoms with Crippen LogP contribution in [0.25, 0.3) is 0 Å². The molecule has 1 aromatic rings. The SMILES string of the molecule is CC(=O)NC(CC(=O)NCCNC(=O)C(C)C)c1ccc(C)cc1. The van der Waals surface area contributed by atoms with Crippen LogP contribution >= 0.6 is 0 Å². The van der Waals surface area contributed by atoms with Crippen molar-refractivity contribution in [3.8, 4) is 0 Å². The third-order valence-electron chi connectivity index (χ3n) is 3.52.